The normalized spacial score (nSPS) is 10.7. The fraction of sp³-hybridized carbons (Fsp3) is 0.111. The lowest BCUT2D eigenvalue weighted by Gasteiger charge is -2.06. The van der Waals surface area contributed by atoms with E-state index < -0.39 is 17.5 Å². The van der Waals surface area contributed by atoms with E-state index in [9.17, 15) is 13.6 Å². The predicted octanol–water partition coefficient (Wildman–Crippen LogP) is 4.84. The molecule has 128 valence electrons. The van der Waals surface area contributed by atoms with Crippen molar-refractivity contribution in [3.63, 3.8) is 0 Å². The molecule has 4 nitrogen and oxygen atoms in total. The molecule has 0 aliphatic heterocycles. The van der Waals surface area contributed by atoms with Gasteiger partial charge in [-0.3, -0.25) is 4.79 Å². The number of aromatic nitrogens is 1. The molecule has 0 unspecified atom stereocenters. The van der Waals surface area contributed by atoms with Crippen LogP contribution in [0.3, 0.4) is 0 Å². The molecule has 1 N–H and O–H groups in total. The van der Waals surface area contributed by atoms with E-state index in [4.69, 9.17) is 16.0 Å². The van der Waals surface area contributed by atoms with Gasteiger partial charge in [-0.05, 0) is 24.3 Å². The van der Waals surface area contributed by atoms with Gasteiger partial charge in [-0.15, -0.1) is 0 Å². The summed E-state index contributed by atoms with van der Waals surface area (Å²) in [6.45, 7) is 0. The van der Waals surface area contributed by atoms with Gasteiger partial charge in [0.05, 0.1) is 22.5 Å². The summed E-state index contributed by atoms with van der Waals surface area (Å²) < 4.78 is 32.9. The number of oxazole rings is 1. The second-order valence-corrected chi connectivity index (χ2v) is 5.65. The van der Waals surface area contributed by atoms with E-state index in [2.05, 4.69) is 10.3 Å². The molecule has 0 spiro atoms. The summed E-state index contributed by atoms with van der Waals surface area (Å²) in [6.07, 6.45) is 1.63. The van der Waals surface area contributed by atoms with Gasteiger partial charge in [0.2, 0.25) is 5.91 Å². The van der Waals surface area contributed by atoms with Crippen molar-refractivity contribution in [3.05, 3.63) is 71.2 Å². The Morgan fingerprint density at radius 1 is 1.16 bits per heavy atom. The van der Waals surface area contributed by atoms with Crippen LogP contribution in [0, 0.1) is 11.6 Å². The molecule has 7 heteroatoms. The standard InChI is InChI=1S/C18H13ClF2N2O2/c19-12-5-3-7-14(18(12)21)23-16(24)8-9-17-22-10-15(25-17)11-4-1-2-6-13(11)20/h1-7,10H,8-9H2,(H,23,24). The molecule has 0 aliphatic rings. The van der Waals surface area contributed by atoms with Gasteiger partial charge in [0, 0.05) is 12.8 Å². The van der Waals surface area contributed by atoms with E-state index in [0.29, 0.717) is 11.5 Å². The molecule has 0 atom stereocenters. The quantitative estimate of drug-likeness (QED) is 0.706. The van der Waals surface area contributed by atoms with Gasteiger partial charge >= 0.3 is 0 Å². The predicted molar refractivity (Wildman–Crippen MR) is 90.3 cm³/mol. The van der Waals surface area contributed by atoms with Crippen LogP contribution in [0.1, 0.15) is 12.3 Å². The van der Waals surface area contributed by atoms with Gasteiger partial charge in [0.25, 0.3) is 0 Å². The Kier molecular flexibility index (Phi) is 5.09. The maximum absolute atomic E-state index is 13.7. The zero-order chi connectivity index (χ0) is 17.8. The summed E-state index contributed by atoms with van der Waals surface area (Å²) in [5.41, 5.74) is 0.309. The van der Waals surface area contributed by atoms with E-state index in [1.165, 1.54) is 30.5 Å². The van der Waals surface area contributed by atoms with Crippen LogP contribution in [0.15, 0.2) is 53.1 Å². The molecule has 0 aliphatic carbocycles. The molecule has 0 saturated carbocycles. The number of anilines is 1. The van der Waals surface area contributed by atoms with E-state index in [1.54, 1.807) is 18.2 Å². The van der Waals surface area contributed by atoms with Crippen LogP contribution >= 0.6 is 11.6 Å². The van der Waals surface area contributed by atoms with Crippen molar-refractivity contribution in [2.75, 3.05) is 5.32 Å². The van der Waals surface area contributed by atoms with Crippen molar-refractivity contribution >= 4 is 23.2 Å². The number of hydrogen-bond donors (Lipinski definition) is 1. The Balaban J connectivity index is 1.62. The van der Waals surface area contributed by atoms with Gasteiger partial charge in [-0.2, -0.15) is 0 Å². The lowest BCUT2D eigenvalue weighted by molar-refractivity contribution is -0.116. The molecule has 1 heterocycles. The van der Waals surface area contributed by atoms with Crippen molar-refractivity contribution in [2.24, 2.45) is 0 Å². The summed E-state index contributed by atoms with van der Waals surface area (Å²) in [4.78, 5) is 16.0. The average Bonchev–Trinajstić information content (AvgIpc) is 3.06. The monoisotopic (exact) mass is 362 g/mol. The van der Waals surface area contributed by atoms with Crippen LogP contribution in [0.4, 0.5) is 14.5 Å². The number of hydrogen-bond acceptors (Lipinski definition) is 3. The SMILES string of the molecule is O=C(CCc1ncc(-c2ccccc2F)o1)Nc1cccc(Cl)c1F. The Labute approximate surface area is 147 Å². The minimum absolute atomic E-state index is 0.0111. The van der Waals surface area contributed by atoms with Crippen LogP contribution in [-0.2, 0) is 11.2 Å². The zero-order valence-corrected chi connectivity index (χ0v) is 13.7. The van der Waals surface area contributed by atoms with Crippen molar-refractivity contribution in [2.45, 2.75) is 12.8 Å². The molecular weight excluding hydrogens is 350 g/mol. The number of rotatable bonds is 5. The number of carbonyl (C=O) groups excluding carboxylic acids is 1. The largest absolute Gasteiger partial charge is 0.441 e. The van der Waals surface area contributed by atoms with Crippen molar-refractivity contribution in [1.82, 2.24) is 4.98 Å². The number of carbonyl (C=O) groups is 1. The first-order valence-electron chi connectivity index (χ1n) is 7.48. The van der Waals surface area contributed by atoms with E-state index in [-0.39, 0.29) is 29.3 Å². The fourth-order valence-electron chi connectivity index (χ4n) is 2.24. The Bertz CT molecular complexity index is 912. The number of amides is 1. The molecule has 0 radical (unpaired) electrons. The number of nitrogens with zero attached hydrogens (tertiary/aromatic N) is 1. The highest BCUT2D eigenvalue weighted by Crippen LogP contribution is 2.24. The minimum Gasteiger partial charge on any atom is -0.441 e. The van der Waals surface area contributed by atoms with Crippen LogP contribution in [-0.4, -0.2) is 10.9 Å². The topological polar surface area (TPSA) is 55.1 Å². The smallest absolute Gasteiger partial charge is 0.224 e. The van der Waals surface area contributed by atoms with Crippen LogP contribution < -0.4 is 5.32 Å². The molecule has 0 saturated heterocycles. The second kappa shape index (κ2) is 7.44. The lowest BCUT2D eigenvalue weighted by Crippen LogP contribution is -2.13. The second-order valence-electron chi connectivity index (χ2n) is 5.25. The molecular formula is C18H13ClF2N2O2. The van der Waals surface area contributed by atoms with Crippen molar-refractivity contribution in [3.8, 4) is 11.3 Å². The number of benzene rings is 2. The highest BCUT2D eigenvalue weighted by molar-refractivity contribution is 6.31. The summed E-state index contributed by atoms with van der Waals surface area (Å²) >= 11 is 5.66. The summed E-state index contributed by atoms with van der Waals surface area (Å²) in [7, 11) is 0. The average molecular weight is 363 g/mol. The summed E-state index contributed by atoms with van der Waals surface area (Å²) in [6, 6.07) is 10.5. The Morgan fingerprint density at radius 2 is 1.96 bits per heavy atom. The first-order chi connectivity index (χ1) is 12.0. The van der Waals surface area contributed by atoms with Gasteiger partial charge in [-0.25, -0.2) is 13.8 Å². The van der Waals surface area contributed by atoms with Gasteiger partial charge < -0.3 is 9.73 Å². The van der Waals surface area contributed by atoms with E-state index >= 15 is 0 Å². The van der Waals surface area contributed by atoms with Crippen LogP contribution in [0.2, 0.25) is 5.02 Å². The van der Waals surface area contributed by atoms with Gasteiger partial charge in [-0.1, -0.05) is 29.8 Å². The Hall–Kier alpha value is -2.73. The molecule has 2 aromatic carbocycles. The number of aryl methyl sites for hydroxylation is 1. The molecule has 0 bridgehead atoms. The zero-order valence-electron chi connectivity index (χ0n) is 12.9. The highest BCUT2D eigenvalue weighted by Gasteiger charge is 2.13. The molecule has 1 aromatic heterocycles. The molecule has 1 amide bonds. The maximum atomic E-state index is 13.7. The minimum atomic E-state index is -0.685. The fourth-order valence-corrected chi connectivity index (χ4v) is 2.42. The van der Waals surface area contributed by atoms with Crippen molar-refractivity contribution in [1.29, 1.82) is 0 Å². The Morgan fingerprint density at radius 3 is 2.76 bits per heavy atom. The molecule has 3 aromatic rings. The number of nitrogens with one attached hydrogen (secondary N) is 1. The lowest BCUT2D eigenvalue weighted by atomic mass is 10.2. The van der Waals surface area contributed by atoms with Gasteiger partial charge in [0.1, 0.15) is 5.82 Å². The molecule has 25 heavy (non-hydrogen) atoms. The first-order valence-corrected chi connectivity index (χ1v) is 7.86. The third-order valence-corrected chi connectivity index (χ3v) is 3.78. The molecule has 3 rings (SSSR count). The third-order valence-electron chi connectivity index (χ3n) is 3.48. The first kappa shape index (κ1) is 17.1. The third kappa shape index (κ3) is 4.03. The van der Waals surface area contributed by atoms with Crippen molar-refractivity contribution < 1.29 is 18.0 Å². The van der Waals surface area contributed by atoms with Gasteiger partial charge in [0.15, 0.2) is 17.5 Å². The molecule has 0 fully saturated rings. The summed E-state index contributed by atoms with van der Waals surface area (Å²) in [5.74, 6) is -0.934. The highest BCUT2D eigenvalue weighted by atomic mass is 35.5. The van der Waals surface area contributed by atoms with E-state index in [0.717, 1.165) is 0 Å². The van der Waals surface area contributed by atoms with E-state index in [1.807, 2.05) is 0 Å². The maximum Gasteiger partial charge on any atom is 0.224 e. The van der Waals surface area contributed by atoms with Crippen LogP contribution in [0.5, 0.6) is 0 Å². The van der Waals surface area contributed by atoms with Crippen LogP contribution in [0.25, 0.3) is 11.3 Å². The number of halogens is 3. The summed E-state index contributed by atoms with van der Waals surface area (Å²) in [5, 5.41) is 2.37.